The normalized spacial score (nSPS) is 15.4. The summed E-state index contributed by atoms with van der Waals surface area (Å²) in [5, 5.41) is 38.5. The zero-order valence-corrected chi connectivity index (χ0v) is 21.6. The van der Waals surface area contributed by atoms with Crippen LogP contribution in [0.5, 0.6) is 5.75 Å². The van der Waals surface area contributed by atoms with E-state index >= 15 is 0 Å². The van der Waals surface area contributed by atoms with E-state index in [9.17, 15) is 20.1 Å². The number of hydrogen-bond donors (Lipinski definition) is 3. The molecule has 0 amide bonds. The van der Waals surface area contributed by atoms with Crippen molar-refractivity contribution in [2.75, 3.05) is 4.90 Å². The Hall–Kier alpha value is -3.55. The Balaban J connectivity index is 1.58. The molecule has 0 saturated carbocycles. The Morgan fingerprint density at radius 3 is 2.32 bits per heavy atom. The zero-order chi connectivity index (χ0) is 25.8. The molecular weight excluding hydrogens is 559 g/mol. The fraction of sp³-hybridized carbons (Fsp3) is 0.0870. The highest BCUT2D eigenvalue weighted by molar-refractivity contribution is 7.13. The van der Waals surface area contributed by atoms with Gasteiger partial charge in [-0.25, -0.2) is 24.5 Å². The summed E-state index contributed by atoms with van der Waals surface area (Å²) < 4.78 is 1.25. The number of halogens is 2. The van der Waals surface area contributed by atoms with Crippen molar-refractivity contribution in [3.63, 3.8) is 0 Å². The lowest BCUT2D eigenvalue weighted by Gasteiger charge is -2.34. The van der Waals surface area contributed by atoms with Gasteiger partial charge in [0.1, 0.15) is 27.6 Å². The van der Waals surface area contributed by atoms with Gasteiger partial charge in [-0.3, -0.25) is 9.69 Å². The first-order valence-corrected chi connectivity index (χ1v) is 13.2. The monoisotopic (exact) mass is 572 g/mol. The first kappa shape index (κ1) is 23.8. The van der Waals surface area contributed by atoms with Crippen LogP contribution in [0.1, 0.15) is 11.1 Å². The number of aliphatic hydroxyl groups excluding tert-OH is 2. The van der Waals surface area contributed by atoms with Crippen LogP contribution in [0.15, 0.2) is 57.8 Å². The van der Waals surface area contributed by atoms with Crippen LogP contribution in [-0.4, -0.2) is 46.1 Å². The molecule has 0 fully saturated rings. The van der Waals surface area contributed by atoms with Gasteiger partial charge < -0.3 is 15.3 Å². The van der Waals surface area contributed by atoms with Gasteiger partial charge in [0, 0.05) is 35.1 Å². The number of aromatic hydroxyl groups is 1. The second-order valence-electron chi connectivity index (χ2n) is 7.90. The van der Waals surface area contributed by atoms with Crippen molar-refractivity contribution in [1.82, 2.24) is 24.5 Å². The van der Waals surface area contributed by atoms with Gasteiger partial charge in [0.15, 0.2) is 22.1 Å². The fourth-order valence-corrected chi connectivity index (χ4v) is 5.79. The maximum absolute atomic E-state index is 13.7. The molecule has 3 N–H and O–H groups in total. The lowest BCUT2D eigenvalue weighted by Crippen LogP contribution is -2.38. The smallest absolute Gasteiger partial charge is 0.265 e. The molecule has 0 bridgehead atoms. The van der Waals surface area contributed by atoms with Crippen molar-refractivity contribution in [2.45, 2.75) is 12.6 Å². The first-order chi connectivity index (χ1) is 17.8. The van der Waals surface area contributed by atoms with Crippen molar-refractivity contribution in [3.8, 4) is 10.9 Å². The molecule has 186 valence electrons. The van der Waals surface area contributed by atoms with Gasteiger partial charge in [-0.05, 0) is 24.3 Å². The van der Waals surface area contributed by atoms with Gasteiger partial charge in [-0.15, -0.1) is 22.7 Å². The third-order valence-electron chi connectivity index (χ3n) is 5.84. The summed E-state index contributed by atoms with van der Waals surface area (Å²) in [6, 6.07) is 6.10. The highest BCUT2D eigenvalue weighted by Gasteiger charge is 2.37. The maximum atomic E-state index is 13.7. The van der Waals surface area contributed by atoms with Gasteiger partial charge in [-0.1, -0.05) is 23.2 Å². The molecule has 1 atom stereocenters. The topological polar surface area (TPSA) is 137 Å². The number of anilines is 2. The highest BCUT2D eigenvalue weighted by Crippen LogP contribution is 2.42. The van der Waals surface area contributed by atoms with Gasteiger partial charge in [0.2, 0.25) is 0 Å². The molecule has 6 rings (SSSR count). The number of aromatic nitrogens is 5. The quantitative estimate of drug-likeness (QED) is 0.262. The predicted octanol–water partition coefficient (Wildman–Crippen LogP) is 4.69. The van der Waals surface area contributed by atoms with Crippen molar-refractivity contribution in [2.24, 2.45) is 0 Å². The molecule has 10 nitrogen and oxygen atoms in total. The molecule has 0 aliphatic carbocycles. The van der Waals surface area contributed by atoms with Crippen LogP contribution >= 0.6 is 45.9 Å². The van der Waals surface area contributed by atoms with E-state index in [1.54, 1.807) is 29.1 Å². The van der Waals surface area contributed by atoms with E-state index in [2.05, 4.69) is 19.9 Å². The Morgan fingerprint density at radius 1 is 0.946 bits per heavy atom. The Bertz CT molecular complexity index is 1760. The molecule has 0 radical (unpaired) electrons. The average molecular weight is 573 g/mol. The molecule has 5 aromatic heterocycles. The number of nitrogens with zero attached hydrogens (tertiary/aromatic N) is 6. The van der Waals surface area contributed by atoms with E-state index in [1.807, 2.05) is 0 Å². The Labute approximate surface area is 226 Å². The van der Waals surface area contributed by atoms with Crippen molar-refractivity contribution in [3.05, 3.63) is 84.8 Å². The van der Waals surface area contributed by atoms with Crippen LogP contribution in [0.4, 0.5) is 10.9 Å². The summed E-state index contributed by atoms with van der Waals surface area (Å²) in [6.45, 7) is 0. The molecule has 5 aromatic rings. The largest absolute Gasteiger partial charge is 0.507 e. The Morgan fingerprint density at radius 2 is 1.62 bits per heavy atom. The first-order valence-electron chi connectivity index (χ1n) is 10.6. The van der Waals surface area contributed by atoms with E-state index in [-0.39, 0.29) is 61.8 Å². The van der Waals surface area contributed by atoms with Crippen molar-refractivity contribution < 1.29 is 15.3 Å². The number of rotatable bonds is 4. The van der Waals surface area contributed by atoms with E-state index < -0.39 is 11.8 Å². The molecule has 0 saturated heterocycles. The number of pyridine rings is 3. The van der Waals surface area contributed by atoms with E-state index in [0.29, 0.717) is 10.3 Å². The summed E-state index contributed by atoms with van der Waals surface area (Å²) in [7, 11) is 0. The van der Waals surface area contributed by atoms with Crippen LogP contribution in [0, 0.1) is 0 Å². The van der Waals surface area contributed by atoms with E-state index in [1.165, 1.54) is 50.5 Å². The lowest BCUT2D eigenvalue weighted by molar-refractivity contribution is 0.208. The van der Waals surface area contributed by atoms with E-state index in [4.69, 9.17) is 23.2 Å². The minimum Gasteiger partial charge on any atom is -0.507 e. The molecule has 0 spiro atoms. The molecule has 0 aromatic carbocycles. The zero-order valence-electron chi connectivity index (χ0n) is 18.4. The maximum Gasteiger partial charge on any atom is 0.265 e. The third-order valence-corrected chi connectivity index (χ3v) is 7.79. The summed E-state index contributed by atoms with van der Waals surface area (Å²) in [4.78, 5) is 32.2. The van der Waals surface area contributed by atoms with Gasteiger partial charge in [-0.2, -0.15) is 0 Å². The van der Waals surface area contributed by atoms with Gasteiger partial charge >= 0.3 is 0 Å². The predicted molar refractivity (Wildman–Crippen MR) is 142 cm³/mol. The highest BCUT2D eigenvalue weighted by atomic mass is 35.5. The summed E-state index contributed by atoms with van der Waals surface area (Å²) >= 11 is 14.6. The SMILES string of the molecule is O=c1c(CC2=C(O)c3ccc(Cl)nc3N(c3nccs3)C2O)c(O)c2ccc(Cl)nc2n1-c1nccs1. The molecular formula is C23H14Cl2N6O4S2. The second kappa shape index (κ2) is 9.08. The second-order valence-corrected chi connectivity index (χ2v) is 10.4. The van der Waals surface area contributed by atoms with Gasteiger partial charge in [0.05, 0.1) is 16.5 Å². The fourth-order valence-electron chi connectivity index (χ4n) is 4.19. The van der Waals surface area contributed by atoms with Crippen LogP contribution in [0.2, 0.25) is 10.3 Å². The van der Waals surface area contributed by atoms with Crippen molar-refractivity contribution >= 4 is 73.6 Å². The summed E-state index contributed by atoms with van der Waals surface area (Å²) in [5.74, 6) is -0.420. The number of hydrogen-bond acceptors (Lipinski definition) is 11. The minimum atomic E-state index is -1.46. The molecule has 37 heavy (non-hydrogen) atoms. The standard InChI is InChI=1S/C23H14Cl2N6O4S2/c24-14-3-1-10-16(32)12(20(34)30(18(10)28-14)22-26-5-7-36-22)9-13-17(33)11-2-4-15(25)29-19(11)31(21(13)35)23-27-6-8-37-23/h1-8,20,32-34H,9H2. The van der Waals surface area contributed by atoms with Crippen LogP contribution in [-0.2, 0) is 6.42 Å². The van der Waals surface area contributed by atoms with Crippen LogP contribution in [0.25, 0.3) is 21.9 Å². The third kappa shape index (κ3) is 3.85. The molecule has 1 unspecified atom stereocenters. The van der Waals surface area contributed by atoms with Crippen molar-refractivity contribution in [1.29, 1.82) is 0 Å². The molecule has 6 heterocycles. The van der Waals surface area contributed by atoms with E-state index in [0.717, 1.165) is 0 Å². The van der Waals surface area contributed by atoms with Crippen LogP contribution < -0.4 is 10.5 Å². The molecule has 1 aliphatic heterocycles. The average Bonchev–Trinajstić information content (AvgIpc) is 3.59. The molecule has 14 heteroatoms. The Kier molecular flexibility index (Phi) is 5.85. The van der Waals surface area contributed by atoms with Gasteiger partial charge in [0.25, 0.3) is 5.56 Å². The lowest BCUT2D eigenvalue weighted by atomic mass is 9.95. The summed E-state index contributed by atoms with van der Waals surface area (Å²) in [5.41, 5.74) is -0.218. The number of thiazole rings is 2. The summed E-state index contributed by atoms with van der Waals surface area (Å²) in [6.07, 6.45) is 1.34. The number of aliphatic hydroxyl groups is 2. The minimum absolute atomic E-state index is 0.0613. The van der Waals surface area contributed by atoms with Crippen LogP contribution in [0.3, 0.4) is 0 Å². The molecule has 1 aliphatic rings. The number of fused-ring (bicyclic) bond motifs is 2.